The third-order valence-corrected chi connectivity index (χ3v) is 6.72. The van der Waals surface area contributed by atoms with Crippen LogP contribution in [-0.4, -0.2) is 44.5 Å². The lowest BCUT2D eigenvalue weighted by atomic mass is 10.2. The SMILES string of the molecule is Cc1nc(Cl)sc1S(=O)(=O)NCCN1CCCCCC1. The first kappa shape index (κ1) is 16.2. The van der Waals surface area contributed by atoms with Crippen LogP contribution in [0.25, 0.3) is 0 Å². The van der Waals surface area contributed by atoms with Crippen LogP contribution in [-0.2, 0) is 10.0 Å². The van der Waals surface area contributed by atoms with Crippen LogP contribution in [0.15, 0.2) is 4.21 Å². The number of aromatic nitrogens is 1. The molecule has 114 valence electrons. The molecule has 0 bridgehead atoms. The summed E-state index contributed by atoms with van der Waals surface area (Å²) in [6, 6.07) is 0. The fraction of sp³-hybridized carbons (Fsp3) is 0.750. The Kier molecular flexibility index (Phi) is 5.80. The van der Waals surface area contributed by atoms with E-state index in [-0.39, 0.29) is 8.68 Å². The van der Waals surface area contributed by atoms with E-state index < -0.39 is 10.0 Å². The summed E-state index contributed by atoms with van der Waals surface area (Å²) >= 11 is 6.75. The van der Waals surface area contributed by atoms with Gasteiger partial charge in [0, 0.05) is 13.1 Å². The molecule has 1 aromatic rings. The molecular weight excluding hydrogens is 318 g/mol. The van der Waals surface area contributed by atoms with Crippen LogP contribution in [0.1, 0.15) is 31.4 Å². The summed E-state index contributed by atoms with van der Waals surface area (Å²) in [5.41, 5.74) is 0.460. The van der Waals surface area contributed by atoms with Gasteiger partial charge >= 0.3 is 0 Å². The fourth-order valence-electron chi connectivity index (χ4n) is 2.36. The lowest BCUT2D eigenvalue weighted by Gasteiger charge is -2.19. The van der Waals surface area contributed by atoms with Crippen LogP contribution in [0, 0.1) is 6.92 Å². The van der Waals surface area contributed by atoms with Crippen molar-refractivity contribution in [2.45, 2.75) is 36.8 Å². The van der Waals surface area contributed by atoms with Gasteiger partial charge in [-0.15, -0.1) is 0 Å². The zero-order valence-corrected chi connectivity index (χ0v) is 14.0. The average molecular weight is 338 g/mol. The molecule has 1 aliphatic heterocycles. The van der Waals surface area contributed by atoms with E-state index in [1.54, 1.807) is 6.92 Å². The Balaban J connectivity index is 1.87. The Bertz CT molecular complexity index is 537. The van der Waals surface area contributed by atoms with Gasteiger partial charge < -0.3 is 4.90 Å². The van der Waals surface area contributed by atoms with Crippen LogP contribution in [0.2, 0.25) is 4.47 Å². The van der Waals surface area contributed by atoms with E-state index in [0.29, 0.717) is 12.2 Å². The molecule has 0 atom stereocenters. The van der Waals surface area contributed by atoms with Crippen LogP contribution in [0.3, 0.4) is 0 Å². The number of hydrogen-bond donors (Lipinski definition) is 1. The Morgan fingerprint density at radius 1 is 1.30 bits per heavy atom. The molecule has 0 saturated carbocycles. The highest BCUT2D eigenvalue weighted by Crippen LogP contribution is 2.26. The molecule has 8 heteroatoms. The molecule has 2 rings (SSSR count). The summed E-state index contributed by atoms with van der Waals surface area (Å²) in [4.78, 5) is 6.26. The number of nitrogens with zero attached hydrogens (tertiary/aromatic N) is 2. The minimum absolute atomic E-state index is 0.221. The van der Waals surface area contributed by atoms with Crippen molar-refractivity contribution in [3.8, 4) is 0 Å². The maximum absolute atomic E-state index is 12.2. The summed E-state index contributed by atoms with van der Waals surface area (Å²) in [7, 11) is -3.49. The summed E-state index contributed by atoms with van der Waals surface area (Å²) < 4.78 is 27.4. The standard InChI is InChI=1S/C12H20ClN3O2S2/c1-10-11(19-12(13)15-10)20(17,18)14-6-9-16-7-4-2-3-5-8-16/h14H,2-9H2,1H3. The first-order chi connectivity index (χ1) is 9.49. The van der Waals surface area contributed by atoms with Gasteiger partial charge in [0.05, 0.1) is 5.69 Å². The van der Waals surface area contributed by atoms with Gasteiger partial charge in [0.15, 0.2) is 8.68 Å². The van der Waals surface area contributed by atoms with Gasteiger partial charge in [0.2, 0.25) is 0 Å². The maximum Gasteiger partial charge on any atom is 0.252 e. The first-order valence-corrected chi connectivity index (χ1v) is 9.52. The largest absolute Gasteiger partial charge is 0.302 e. The van der Waals surface area contributed by atoms with Gasteiger partial charge in [-0.2, -0.15) is 0 Å². The Labute approximate surface area is 129 Å². The first-order valence-electron chi connectivity index (χ1n) is 6.84. The number of sulfonamides is 1. The highest BCUT2D eigenvalue weighted by molar-refractivity contribution is 7.91. The predicted molar refractivity (Wildman–Crippen MR) is 82.0 cm³/mol. The van der Waals surface area contributed by atoms with Gasteiger partial charge in [0.25, 0.3) is 10.0 Å². The lowest BCUT2D eigenvalue weighted by molar-refractivity contribution is 0.290. The molecule has 1 N–H and O–H groups in total. The third-order valence-electron chi connectivity index (χ3n) is 3.39. The predicted octanol–water partition coefficient (Wildman–Crippen LogP) is 2.26. The van der Waals surface area contributed by atoms with Crippen molar-refractivity contribution >= 4 is 33.0 Å². The minimum Gasteiger partial charge on any atom is -0.302 e. The second kappa shape index (κ2) is 7.17. The second-order valence-corrected chi connectivity index (χ2v) is 8.54. The number of aryl methyl sites for hydroxylation is 1. The van der Waals surface area contributed by atoms with E-state index in [1.165, 1.54) is 25.7 Å². The van der Waals surface area contributed by atoms with Crippen molar-refractivity contribution in [3.05, 3.63) is 10.2 Å². The van der Waals surface area contributed by atoms with Crippen LogP contribution >= 0.6 is 22.9 Å². The number of likely N-dealkylation sites (tertiary alicyclic amines) is 1. The van der Waals surface area contributed by atoms with Crippen molar-refractivity contribution < 1.29 is 8.42 Å². The van der Waals surface area contributed by atoms with E-state index in [4.69, 9.17) is 11.6 Å². The topological polar surface area (TPSA) is 62.3 Å². The Morgan fingerprint density at radius 2 is 1.95 bits per heavy atom. The number of thiazole rings is 1. The van der Waals surface area contributed by atoms with Gasteiger partial charge in [-0.3, -0.25) is 0 Å². The van der Waals surface area contributed by atoms with Crippen molar-refractivity contribution in [2.24, 2.45) is 0 Å². The molecule has 0 unspecified atom stereocenters. The monoisotopic (exact) mass is 337 g/mol. The van der Waals surface area contributed by atoms with E-state index in [9.17, 15) is 8.42 Å². The van der Waals surface area contributed by atoms with Gasteiger partial charge in [-0.1, -0.05) is 35.8 Å². The summed E-state index contributed by atoms with van der Waals surface area (Å²) in [5.74, 6) is 0. The summed E-state index contributed by atoms with van der Waals surface area (Å²) in [5, 5.41) is 0. The van der Waals surface area contributed by atoms with Crippen molar-refractivity contribution in [3.63, 3.8) is 0 Å². The van der Waals surface area contributed by atoms with Gasteiger partial charge in [-0.05, 0) is 32.9 Å². The number of halogens is 1. The quantitative estimate of drug-likeness (QED) is 0.895. The summed E-state index contributed by atoms with van der Waals surface area (Å²) in [6.45, 7) is 4.97. The van der Waals surface area contributed by atoms with E-state index >= 15 is 0 Å². The molecule has 1 fully saturated rings. The molecule has 2 heterocycles. The van der Waals surface area contributed by atoms with Crippen LogP contribution in [0.5, 0.6) is 0 Å². The van der Waals surface area contributed by atoms with Crippen molar-refractivity contribution in [1.29, 1.82) is 0 Å². The zero-order valence-electron chi connectivity index (χ0n) is 11.6. The lowest BCUT2D eigenvalue weighted by Crippen LogP contribution is -2.35. The molecule has 1 saturated heterocycles. The van der Waals surface area contributed by atoms with E-state index in [0.717, 1.165) is 31.0 Å². The molecule has 1 aliphatic rings. The molecule has 1 aromatic heterocycles. The van der Waals surface area contributed by atoms with E-state index in [2.05, 4.69) is 14.6 Å². The smallest absolute Gasteiger partial charge is 0.252 e. The molecule has 0 radical (unpaired) electrons. The normalized spacial score (nSPS) is 18.1. The Morgan fingerprint density at radius 3 is 2.50 bits per heavy atom. The molecule has 5 nitrogen and oxygen atoms in total. The minimum atomic E-state index is -3.49. The molecular formula is C12H20ClN3O2S2. The van der Waals surface area contributed by atoms with Crippen LogP contribution < -0.4 is 4.72 Å². The maximum atomic E-state index is 12.2. The fourth-order valence-corrected chi connectivity index (χ4v) is 5.17. The number of hydrogen-bond acceptors (Lipinski definition) is 5. The van der Waals surface area contributed by atoms with E-state index in [1.807, 2.05) is 0 Å². The Hall–Kier alpha value is -0.210. The second-order valence-electron chi connectivity index (χ2n) is 4.99. The summed E-state index contributed by atoms with van der Waals surface area (Å²) in [6.07, 6.45) is 4.97. The van der Waals surface area contributed by atoms with Gasteiger partial charge in [-0.25, -0.2) is 18.1 Å². The molecule has 0 aromatic carbocycles. The third kappa shape index (κ3) is 4.39. The van der Waals surface area contributed by atoms with Gasteiger partial charge in [0.1, 0.15) is 0 Å². The molecule has 20 heavy (non-hydrogen) atoms. The number of rotatable bonds is 5. The van der Waals surface area contributed by atoms with Crippen molar-refractivity contribution in [1.82, 2.24) is 14.6 Å². The average Bonchev–Trinajstić information content (AvgIpc) is 2.60. The van der Waals surface area contributed by atoms with Crippen LogP contribution in [0.4, 0.5) is 0 Å². The molecule has 0 aliphatic carbocycles. The highest BCUT2D eigenvalue weighted by atomic mass is 35.5. The highest BCUT2D eigenvalue weighted by Gasteiger charge is 2.21. The number of nitrogens with one attached hydrogen (secondary N) is 1. The van der Waals surface area contributed by atoms with Crippen molar-refractivity contribution in [2.75, 3.05) is 26.2 Å². The zero-order chi connectivity index (χ0) is 14.6. The molecule has 0 amide bonds. The molecule has 0 spiro atoms.